The number of nitrogens with zero attached hydrogens (tertiary/aromatic N) is 4. The quantitative estimate of drug-likeness (QED) is 0.465. The molecule has 134 valence electrons. The van der Waals surface area contributed by atoms with Crippen LogP contribution in [-0.4, -0.2) is 37.9 Å². The number of ether oxygens (including phenoxy) is 1. The molecule has 0 atom stereocenters. The second kappa shape index (κ2) is 7.35. The van der Waals surface area contributed by atoms with E-state index in [1.807, 2.05) is 24.3 Å². The largest absolute Gasteiger partial charge is 0.497 e. The molecule has 0 aliphatic carbocycles. The number of nitro groups is 1. The lowest BCUT2D eigenvalue weighted by atomic mass is 10.2. The number of hydrogen-bond donors (Lipinski definition) is 2. The van der Waals surface area contributed by atoms with Crippen LogP contribution in [0, 0.1) is 10.1 Å². The van der Waals surface area contributed by atoms with Crippen LogP contribution in [0.1, 0.15) is 16.1 Å². The number of rotatable bonds is 6. The van der Waals surface area contributed by atoms with Gasteiger partial charge in [-0.2, -0.15) is 5.10 Å². The number of aromatic nitrogens is 4. The Morgan fingerprint density at radius 2 is 2.31 bits per heavy atom. The molecule has 10 nitrogen and oxygen atoms in total. The van der Waals surface area contributed by atoms with E-state index in [4.69, 9.17) is 4.74 Å². The van der Waals surface area contributed by atoms with Gasteiger partial charge in [0.2, 0.25) is 0 Å². The van der Waals surface area contributed by atoms with Crippen LogP contribution in [0.5, 0.6) is 5.75 Å². The zero-order chi connectivity index (χ0) is 18.7. The molecule has 0 spiro atoms. The zero-order valence-electron chi connectivity index (χ0n) is 13.5. The maximum absolute atomic E-state index is 12.2. The Morgan fingerprint density at radius 1 is 1.50 bits per heavy atom. The molecule has 2 heterocycles. The first-order valence-electron chi connectivity index (χ1n) is 7.33. The van der Waals surface area contributed by atoms with Gasteiger partial charge in [-0.25, -0.2) is 0 Å². The molecule has 0 saturated carbocycles. The first-order chi connectivity index (χ1) is 12.5. The molecule has 0 aliphatic rings. The number of benzene rings is 1. The summed E-state index contributed by atoms with van der Waals surface area (Å²) in [6.07, 6.45) is 3.12. The van der Waals surface area contributed by atoms with Gasteiger partial charge in [-0.1, -0.05) is 17.2 Å². The summed E-state index contributed by atoms with van der Waals surface area (Å²) >= 11 is 3.00. The monoisotopic (exact) mass is 420 g/mol. The number of carbonyl (C=O) groups is 1. The van der Waals surface area contributed by atoms with E-state index >= 15 is 0 Å². The smallest absolute Gasteiger partial charge is 0.357 e. The van der Waals surface area contributed by atoms with Crippen molar-refractivity contribution in [2.45, 2.75) is 6.54 Å². The van der Waals surface area contributed by atoms with Crippen LogP contribution in [0.15, 0.2) is 41.1 Å². The van der Waals surface area contributed by atoms with Crippen LogP contribution in [0.3, 0.4) is 0 Å². The van der Waals surface area contributed by atoms with Gasteiger partial charge in [0.05, 0.1) is 25.5 Å². The Balaban J connectivity index is 1.70. The number of hydrogen-bond acceptors (Lipinski definition) is 6. The van der Waals surface area contributed by atoms with Crippen LogP contribution < -0.4 is 10.1 Å². The predicted molar refractivity (Wildman–Crippen MR) is 95.2 cm³/mol. The number of halogens is 1. The van der Waals surface area contributed by atoms with Gasteiger partial charge < -0.3 is 20.2 Å². The summed E-state index contributed by atoms with van der Waals surface area (Å²) in [6, 6.07) is 7.55. The van der Waals surface area contributed by atoms with E-state index in [-0.39, 0.29) is 16.0 Å². The van der Waals surface area contributed by atoms with Crippen molar-refractivity contribution < 1.29 is 14.5 Å². The lowest BCUT2D eigenvalue weighted by molar-refractivity contribution is -0.390. The van der Waals surface area contributed by atoms with Crippen LogP contribution in [0.25, 0.3) is 0 Å². The second-order valence-corrected chi connectivity index (χ2v) is 6.02. The first kappa shape index (κ1) is 17.6. The molecule has 2 N–H and O–H groups in total. The Bertz CT molecular complexity index is 967. The van der Waals surface area contributed by atoms with E-state index < -0.39 is 10.8 Å². The zero-order valence-corrected chi connectivity index (χ0v) is 15.1. The Labute approximate surface area is 155 Å². The first-order valence-corrected chi connectivity index (χ1v) is 8.12. The molecule has 0 saturated heterocycles. The van der Waals surface area contributed by atoms with Gasteiger partial charge in [-0.15, -0.1) is 5.10 Å². The molecule has 0 aliphatic heterocycles. The SMILES string of the molecule is COc1cccc(Cn2cc(NC(=O)c3n[nH]c([N+](=O)[O-])c3Br)cn2)c1. The number of nitrogens with one attached hydrogen (secondary N) is 2. The third-order valence-electron chi connectivity index (χ3n) is 3.46. The maximum Gasteiger partial charge on any atom is 0.357 e. The van der Waals surface area contributed by atoms with Crippen molar-refractivity contribution in [2.75, 3.05) is 12.4 Å². The molecule has 1 amide bonds. The molecular weight excluding hydrogens is 408 g/mol. The molecule has 26 heavy (non-hydrogen) atoms. The minimum absolute atomic E-state index is 0.0104. The molecule has 1 aromatic carbocycles. The number of anilines is 1. The highest BCUT2D eigenvalue weighted by atomic mass is 79.9. The third kappa shape index (κ3) is 3.72. The van der Waals surface area contributed by atoms with Crippen LogP contribution >= 0.6 is 15.9 Å². The molecule has 0 unspecified atom stereocenters. The molecule has 11 heteroatoms. The molecule has 0 radical (unpaired) electrons. The van der Waals surface area contributed by atoms with E-state index in [1.54, 1.807) is 18.0 Å². The third-order valence-corrected chi connectivity index (χ3v) is 4.21. The van der Waals surface area contributed by atoms with Crippen LogP contribution in [0.4, 0.5) is 11.5 Å². The number of H-pyrrole nitrogens is 1. The van der Waals surface area contributed by atoms with E-state index in [0.717, 1.165) is 11.3 Å². The van der Waals surface area contributed by atoms with Crippen LogP contribution in [0.2, 0.25) is 0 Å². The Kier molecular flexibility index (Phi) is 4.98. The summed E-state index contributed by atoms with van der Waals surface area (Å²) < 4.78 is 6.82. The highest BCUT2D eigenvalue weighted by Gasteiger charge is 2.24. The van der Waals surface area contributed by atoms with E-state index in [1.165, 1.54) is 6.20 Å². The summed E-state index contributed by atoms with van der Waals surface area (Å²) in [5.41, 5.74) is 1.31. The summed E-state index contributed by atoms with van der Waals surface area (Å²) in [5, 5.41) is 23.4. The van der Waals surface area contributed by atoms with Crippen molar-refractivity contribution >= 4 is 33.3 Å². The number of aromatic amines is 1. The van der Waals surface area contributed by atoms with Gasteiger partial charge in [0.25, 0.3) is 5.91 Å². The molecular formula is C15H13BrN6O4. The Morgan fingerprint density at radius 3 is 3.00 bits per heavy atom. The maximum atomic E-state index is 12.2. The molecule has 2 aromatic heterocycles. The van der Waals surface area contributed by atoms with E-state index in [9.17, 15) is 14.9 Å². The van der Waals surface area contributed by atoms with Gasteiger partial charge in [0, 0.05) is 6.20 Å². The summed E-state index contributed by atoms with van der Waals surface area (Å²) in [5.74, 6) is -0.237. The van der Waals surface area contributed by atoms with Crippen molar-refractivity contribution in [3.8, 4) is 5.75 Å². The van der Waals surface area contributed by atoms with Gasteiger partial charge in [0.1, 0.15) is 10.2 Å². The molecule has 3 aromatic rings. The number of methoxy groups -OCH3 is 1. The highest BCUT2D eigenvalue weighted by Crippen LogP contribution is 2.26. The van der Waals surface area contributed by atoms with Gasteiger partial charge >= 0.3 is 5.82 Å². The number of amides is 1. The van der Waals surface area contributed by atoms with Crippen LogP contribution in [-0.2, 0) is 6.54 Å². The molecule has 3 rings (SSSR count). The lowest BCUT2D eigenvalue weighted by Gasteiger charge is -2.04. The predicted octanol–water partition coefficient (Wildman–Crippen LogP) is 2.59. The van der Waals surface area contributed by atoms with Gasteiger partial charge in [-0.05, 0) is 38.5 Å². The summed E-state index contributed by atoms with van der Waals surface area (Å²) in [7, 11) is 1.60. The van der Waals surface area contributed by atoms with Gasteiger partial charge in [-0.3, -0.25) is 9.48 Å². The standard InChI is InChI=1S/C15H13BrN6O4/c1-26-11-4-2-3-9(5-11)7-21-8-10(6-17-21)18-15(23)13-12(16)14(20-19-13)22(24)25/h2-6,8H,7H2,1H3,(H,18,23)(H,19,20). The highest BCUT2D eigenvalue weighted by molar-refractivity contribution is 9.10. The fourth-order valence-electron chi connectivity index (χ4n) is 2.25. The minimum Gasteiger partial charge on any atom is -0.497 e. The minimum atomic E-state index is -0.667. The summed E-state index contributed by atoms with van der Waals surface area (Å²) in [4.78, 5) is 22.3. The average molecular weight is 421 g/mol. The summed E-state index contributed by atoms with van der Waals surface area (Å²) in [6.45, 7) is 0.491. The lowest BCUT2D eigenvalue weighted by Crippen LogP contribution is -2.12. The second-order valence-electron chi connectivity index (χ2n) is 5.22. The molecule has 0 bridgehead atoms. The fraction of sp³-hybridized carbons (Fsp3) is 0.133. The van der Waals surface area contributed by atoms with Crippen molar-refractivity contribution in [1.82, 2.24) is 20.0 Å². The number of carbonyl (C=O) groups excluding carboxylic acids is 1. The fourth-order valence-corrected chi connectivity index (χ4v) is 2.76. The normalized spacial score (nSPS) is 10.5. The average Bonchev–Trinajstić information content (AvgIpc) is 3.21. The van der Waals surface area contributed by atoms with Crippen molar-refractivity contribution in [2.24, 2.45) is 0 Å². The van der Waals surface area contributed by atoms with E-state index in [2.05, 4.69) is 36.5 Å². The van der Waals surface area contributed by atoms with Gasteiger partial charge in [0.15, 0.2) is 5.69 Å². The topological polar surface area (TPSA) is 128 Å². The van der Waals surface area contributed by atoms with Crippen molar-refractivity contribution in [3.05, 3.63) is 62.5 Å². The Hall–Kier alpha value is -3.21. The van der Waals surface area contributed by atoms with Crippen molar-refractivity contribution in [1.29, 1.82) is 0 Å². The van der Waals surface area contributed by atoms with E-state index in [0.29, 0.717) is 12.2 Å². The molecule has 0 fully saturated rings. The van der Waals surface area contributed by atoms with Crippen molar-refractivity contribution in [3.63, 3.8) is 0 Å².